The number of carbonyl (C=O) groups excluding carboxylic acids is 1. The lowest BCUT2D eigenvalue weighted by Crippen LogP contribution is -2.36. The van der Waals surface area contributed by atoms with Gasteiger partial charge in [-0.05, 0) is 30.5 Å². The number of esters is 1. The Morgan fingerprint density at radius 2 is 1.31 bits per heavy atom. The smallest absolute Gasteiger partial charge is 0.307 e. The summed E-state index contributed by atoms with van der Waals surface area (Å²) in [6.45, 7) is 5.40. The molecule has 0 saturated carbocycles. The van der Waals surface area contributed by atoms with E-state index in [-0.39, 0.29) is 18.1 Å². The highest BCUT2D eigenvalue weighted by Crippen LogP contribution is 2.26. The predicted molar refractivity (Wildman–Crippen MR) is 117 cm³/mol. The Morgan fingerprint density at radius 3 is 1.90 bits per heavy atom. The minimum Gasteiger partial charge on any atom is -0.461 e. The number of hydrogen-bond donors (Lipinski definition) is 0. The molecule has 2 unspecified atom stereocenters. The summed E-state index contributed by atoms with van der Waals surface area (Å²) in [5, 5.41) is 0. The lowest BCUT2D eigenvalue weighted by molar-refractivity contribution is -0.146. The molecule has 0 aromatic heterocycles. The molecular formula is C26H29NO2. The first-order valence-electron chi connectivity index (χ1n) is 10.2. The second kappa shape index (κ2) is 10.6. The first-order chi connectivity index (χ1) is 14.1. The van der Waals surface area contributed by atoms with Crippen LogP contribution < -0.4 is 0 Å². The molecule has 150 valence electrons. The quantitative estimate of drug-likeness (QED) is 0.436. The summed E-state index contributed by atoms with van der Waals surface area (Å²) >= 11 is 0. The highest BCUT2D eigenvalue weighted by molar-refractivity contribution is 5.70. The Morgan fingerprint density at radius 1 is 0.793 bits per heavy atom. The normalized spacial score (nSPS) is 13.1. The van der Waals surface area contributed by atoms with Gasteiger partial charge in [0, 0.05) is 18.6 Å². The van der Waals surface area contributed by atoms with E-state index >= 15 is 0 Å². The average molecular weight is 388 g/mol. The summed E-state index contributed by atoms with van der Waals surface area (Å²) in [4.78, 5) is 14.9. The van der Waals surface area contributed by atoms with Crippen molar-refractivity contribution in [3.8, 4) is 0 Å². The number of nitrogens with zero attached hydrogens (tertiary/aromatic N) is 1. The van der Waals surface area contributed by atoms with Gasteiger partial charge in [-0.25, -0.2) is 0 Å². The third-order valence-corrected chi connectivity index (χ3v) is 5.26. The van der Waals surface area contributed by atoms with E-state index in [9.17, 15) is 4.79 Å². The molecule has 0 spiro atoms. The number of benzene rings is 3. The zero-order chi connectivity index (χ0) is 20.5. The van der Waals surface area contributed by atoms with Crippen LogP contribution in [0.4, 0.5) is 0 Å². The molecule has 0 radical (unpaired) electrons. The minimum atomic E-state index is -0.167. The fraction of sp³-hybridized carbons (Fsp3) is 0.269. The molecule has 0 aliphatic carbocycles. The Labute approximate surface area is 174 Å². The SMILES string of the molecule is CC(CC(=O)OCc1ccccc1)N(Cc1ccccc1)C(C)c1ccccc1. The van der Waals surface area contributed by atoms with Gasteiger partial charge >= 0.3 is 5.97 Å². The lowest BCUT2D eigenvalue weighted by atomic mass is 10.0. The molecule has 0 fully saturated rings. The Balaban J connectivity index is 1.67. The second-order valence-corrected chi connectivity index (χ2v) is 7.44. The van der Waals surface area contributed by atoms with Crippen LogP contribution in [0.2, 0.25) is 0 Å². The monoisotopic (exact) mass is 387 g/mol. The molecule has 3 rings (SSSR count). The number of ether oxygens (including phenoxy) is 1. The molecule has 29 heavy (non-hydrogen) atoms. The van der Waals surface area contributed by atoms with Gasteiger partial charge in [0.25, 0.3) is 0 Å². The van der Waals surface area contributed by atoms with E-state index in [1.165, 1.54) is 11.1 Å². The molecule has 2 atom stereocenters. The maximum atomic E-state index is 12.5. The first kappa shape index (κ1) is 20.8. The molecule has 3 nitrogen and oxygen atoms in total. The zero-order valence-corrected chi connectivity index (χ0v) is 17.2. The van der Waals surface area contributed by atoms with Gasteiger partial charge in [-0.2, -0.15) is 0 Å². The standard InChI is InChI=1S/C26H29NO2/c1-21(18-26(28)29-20-24-14-8-4-9-15-24)27(19-23-12-6-3-7-13-23)22(2)25-16-10-5-11-17-25/h3-17,21-22H,18-20H2,1-2H3. The summed E-state index contributed by atoms with van der Waals surface area (Å²) < 4.78 is 5.52. The van der Waals surface area contributed by atoms with Gasteiger partial charge in [-0.15, -0.1) is 0 Å². The summed E-state index contributed by atoms with van der Waals surface area (Å²) in [6.07, 6.45) is 0.358. The van der Waals surface area contributed by atoms with Crippen LogP contribution in [0.3, 0.4) is 0 Å². The third-order valence-electron chi connectivity index (χ3n) is 5.26. The maximum Gasteiger partial charge on any atom is 0.307 e. The molecule has 0 aliphatic rings. The van der Waals surface area contributed by atoms with E-state index in [0.29, 0.717) is 13.0 Å². The molecular weight excluding hydrogens is 358 g/mol. The van der Waals surface area contributed by atoms with Crippen molar-refractivity contribution >= 4 is 5.97 Å². The van der Waals surface area contributed by atoms with E-state index in [2.05, 4.69) is 67.3 Å². The molecule has 0 N–H and O–H groups in total. The predicted octanol–water partition coefficient (Wildman–Crippen LogP) is 5.77. The van der Waals surface area contributed by atoms with Gasteiger partial charge in [-0.3, -0.25) is 9.69 Å². The lowest BCUT2D eigenvalue weighted by Gasteiger charge is -2.34. The molecule has 0 heterocycles. The second-order valence-electron chi connectivity index (χ2n) is 7.44. The van der Waals surface area contributed by atoms with Gasteiger partial charge < -0.3 is 4.74 Å². The topological polar surface area (TPSA) is 29.5 Å². The molecule has 0 aliphatic heterocycles. The highest BCUT2D eigenvalue weighted by Gasteiger charge is 2.24. The van der Waals surface area contributed by atoms with Crippen molar-refractivity contribution in [2.75, 3.05) is 0 Å². The number of hydrogen-bond acceptors (Lipinski definition) is 3. The van der Waals surface area contributed by atoms with Crippen molar-refractivity contribution in [2.45, 2.75) is 45.5 Å². The van der Waals surface area contributed by atoms with Crippen LogP contribution in [0, 0.1) is 0 Å². The molecule has 3 aromatic rings. The summed E-state index contributed by atoms with van der Waals surface area (Å²) in [5.74, 6) is -0.167. The average Bonchev–Trinajstić information content (AvgIpc) is 2.77. The molecule has 3 heteroatoms. The van der Waals surface area contributed by atoms with E-state index in [1.807, 2.05) is 42.5 Å². The fourth-order valence-corrected chi connectivity index (χ4v) is 3.55. The van der Waals surface area contributed by atoms with Gasteiger partial charge in [-0.1, -0.05) is 91.0 Å². The van der Waals surface area contributed by atoms with Crippen molar-refractivity contribution in [3.05, 3.63) is 108 Å². The molecule has 0 bridgehead atoms. The van der Waals surface area contributed by atoms with Crippen molar-refractivity contribution < 1.29 is 9.53 Å². The highest BCUT2D eigenvalue weighted by atomic mass is 16.5. The van der Waals surface area contributed by atoms with E-state index in [1.54, 1.807) is 0 Å². The molecule has 0 amide bonds. The minimum absolute atomic E-state index is 0.0497. The Kier molecular flexibility index (Phi) is 7.60. The van der Waals surface area contributed by atoms with Gasteiger partial charge in [0.05, 0.1) is 6.42 Å². The van der Waals surface area contributed by atoms with Crippen molar-refractivity contribution in [3.63, 3.8) is 0 Å². The van der Waals surface area contributed by atoms with E-state index < -0.39 is 0 Å². The summed E-state index contributed by atoms with van der Waals surface area (Å²) in [7, 11) is 0. The van der Waals surface area contributed by atoms with Gasteiger partial charge in [0.1, 0.15) is 6.61 Å². The summed E-state index contributed by atoms with van der Waals surface area (Å²) in [6, 6.07) is 30.9. The van der Waals surface area contributed by atoms with Crippen molar-refractivity contribution in [2.24, 2.45) is 0 Å². The van der Waals surface area contributed by atoms with Gasteiger partial charge in [0.15, 0.2) is 0 Å². The largest absolute Gasteiger partial charge is 0.461 e. The number of carbonyl (C=O) groups is 1. The van der Waals surface area contributed by atoms with Crippen LogP contribution in [-0.4, -0.2) is 16.9 Å². The number of rotatable bonds is 9. The van der Waals surface area contributed by atoms with Crippen molar-refractivity contribution in [1.29, 1.82) is 0 Å². The molecule has 3 aromatic carbocycles. The maximum absolute atomic E-state index is 12.5. The van der Waals surface area contributed by atoms with Crippen LogP contribution >= 0.6 is 0 Å². The van der Waals surface area contributed by atoms with Gasteiger partial charge in [0.2, 0.25) is 0 Å². The van der Waals surface area contributed by atoms with Crippen LogP contribution in [0.1, 0.15) is 43.0 Å². The first-order valence-corrected chi connectivity index (χ1v) is 10.2. The van der Waals surface area contributed by atoms with Crippen LogP contribution in [0.25, 0.3) is 0 Å². The van der Waals surface area contributed by atoms with E-state index in [0.717, 1.165) is 12.1 Å². The zero-order valence-electron chi connectivity index (χ0n) is 17.2. The molecule has 0 saturated heterocycles. The van der Waals surface area contributed by atoms with Crippen LogP contribution in [0.15, 0.2) is 91.0 Å². The Hall–Kier alpha value is -2.91. The summed E-state index contributed by atoms with van der Waals surface area (Å²) in [5.41, 5.74) is 3.49. The van der Waals surface area contributed by atoms with Crippen molar-refractivity contribution in [1.82, 2.24) is 4.90 Å². The van der Waals surface area contributed by atoms with Crippen LogP contribution in [-0.2, 0) is 22.7 Å². The van der Waals surface area contributed by atoms with E-state index in [4.69, 9.17) is 4.74 Å². The fourth-order valence-electron chi connectivity index (χ4n) is 3.55. The Bertz CT molecular complexity index is 865. The van der Waals surface area contributed by atoms with Crippen LogP contribution in [0.5, 0.6) is 0 Å². The third kappa shape index (κ3) is 6.30.